The fourth-order valence-electron chi connectivity index (χ4n) is 4.54. The lowest BCUT2D eigenvalue weighted by Crippen LogP contribution is -2.41. The van der Waals surface area contributed by atoms with Gasteiger partial charge in [0.1, 0.15) is 11.1 Å². The quantitative estimate of drug-likeness (QED) is 0.644. The normalized spacial score (nSPS) is 19.9. The number of nitriles is 1. The molecule has 1 fully saturated rings. The van der Waals surface area contributed by atoms with E-state index in [1.807, 2.05) is 0 Å². The van der Waals surface area contributed by atoms with Gasteiger partial charge in [-0.05, 0) is 61.8 Å². The Labute approximate surface area is 204 Å². The minimum atomic E-state index is -3.87. The molecule has 11 heteroatoms. The van der Waals surface area contributed by atoms with E-state index in [0.717, 1.165) is 31.1 Å². The SMILES string of the molecule is CC1CCc2c(sc(NC(=O)C3CCN(S(=O)(=O)c4cccc(S(C)(=O)=O)c4)CC3)c2C#N)C1. The molecule has 2 aromatic rings. The molecule has 1 aromatic heterocycles. The molecule has 1 atom stereocenters. The molecule has 1 saturated heterocycles. The minimum absolute atomic E-state index is 0.0517. The topological polar surface area (TPSA) is 124 Å². The van der Waals surface area contributed by atoms with Crippen LogP contribution in [0.15, 0.2) is 34.1 Å². The summed E-state index contributed by atoms with van der Waals surface area (Å²) in [6, 6.07) is 7.58. The second kappa shape index (κ2) is 9.41. The number of rotatable bonds is 5. The lowest BCUT2D eigenvalue weighted by Gasteiger charge is -2.30. The Morgan fingerprint density at radius 3 is 2.47 bits per heavy atom. The molecule has 34 heavy (non-hydrogen) atoms. The van der Waals surface area contributed by atoms with Crippen LogP contribution in [0, 0.1) is 23.2 Å². The molecule has 182 valence electrons. The summed E-state index contributed by atoms with van der Waals surface area (Å²) in [5.41, 5.74) is 1.61. The van der Waals surface area contributed by atoms with Crippen LogP contribution in [0.4, 0.5) is 5.00 Å². The number of thiophene rings is 1. The first-order valence-corrected chi connectivity index (χ1v) is 15.3. The van der Waals surface area contributed by atoms with E-state index >= 15 is 0 Å². The van der Waals surface area contributed by atoms with Crippen LogP contribution in [0.5, 0.6) is 0 Å². The third-order valence-corrected chi connectivity index (χ3v) is 10.7. The highest BCUT2D eigenvalue weighted by Crippen LogP contribution is 2.39. The Balaban J connectivity index is 1.43. The van der Waals surface area contributed by atoms with Gasteiger partial charge in [0.25, 0.3) is 0 Å². The molecule has 2 aliphatic rings. The number of amides is 1. The van der Waals surface area contributed by atoms with Crippen LogP contribution in [-0.2, 0) is 37.5 Å². The summed E-state index contributed by atoms with van der Waals surface area (Å²) in [5.74, 6) is 0.00307. The van der Waals surface area contributed by atoms with Crippen molar-refractivity contribution in [1.82, 2.24) is 4.31 Å². The average Bonchev–Trinajstić information content (AvgIpc) is 3.14. The number of sulfonamides is 1. The summed E-state index contributed by atoms with van der Waals surface area (Å²) < 4.78 is 51.0. The van der Waals surface area contributed by atoms with E-state index in [1.165, 1.54) is 44.8 Å². The van der Waals surface area contributed by atoms with Crippen LogP contribution in [-0.4, -0.2) is 46.4 Å². The van der Waals surface area contributed by atoms with Crippen LogP contribution in [0.2, 0.25) is 0 Å². The lowest BCUT2D eigenvalue weighted by molar-refractivity contribution is -0.120. The number of hydrogen-bond donors (Lipinski definition) is 1. The monoisotopic (exact) mass is 521 g/mol. The first kappa shape index (κ1) is 24.9. The van der Waals surface area contributed by atoms with Crippen molar-refractivity contribution in [3.8, 4) is 6.07 Å². The fraction of sp³-hybridized carbons (Fsp3) is 0.478. The predicted molar refractivity (Wildman–Crippen MR) is 130 cm³/mol. The Kier molecular flexibility index (Phi) is 6.88. The van der Waals surface area contributed by atoms with Crippen molar-refractivity contribution in [1.29, 1.82) is 5.26 Å². The van der Waals surface area contributed by atoms with E-state index in [4.69, 9.17) is 0 Å². The van der Waals surface area contributed by atoms with E-state index in [1.54, 1.807) is 0 Å². The van der Waals surface area contributed by atoms with Gasteiger partial charge in [-0.3, -0.25) is 4.79 Å². The second-order valence-corrected chi connectivity index (χ2v) is 14.1. The zero-order valence-corrected chi connectivity index (χ0v) is 21.5. The van der Waals surface area contributed by atoms with Crippen molar-refractivity contribution in [2.75, 3.05) is 24.7 Å². The van der Waals surface area contributed by atoms with E-state index in [9.17, 15) is 26.9 Å². The number of benzene rings is 1. The van der Waals surface area contributed by atoms with Gasteiger partial charge in [-0.15, -0.1) is 11.3 Å². The van der Waals surface area contributed by atoms with Crippen molar-refractivity contribution in [2.45, 2.75) is 48.8 Å². The van der Waals surface area contributed by atoms with Gasteiger partial charge in [0, 0.05) is 30.1 Å². The average molecular weight is 522 g/mol. The highest BCUT2D eigenvalue weighted by Gasteiger charge is 2.33. The first-order valence-electron chi connectivity index (χ1n) is 11.2. The molecule has 1 aliphatic carbocycles. The summed E-state index contributed by atoms with van der Waals surface area (Å²) in [6.45, 7) is 2.51. The molecular weight excluding hydrogens is 494 g/mol. The van der Waals surface area contributed by atoms with Gasteiger partial charge in [0.2, 0.25) is 15.9 Å². The van der Waals surface area contributed by atoms with Crippen LogP contribution in [0.25, 0.3) is 0 Å². The summed E-state index contributed by atoms with van der Waals surface area (Å²) in [5, 5.41) is 13.2. The van der Waals surface area contributed by atoms with Gasteiger partial charge >= 0.3 is 0 Å². The molecule has 4 rings (SSSR count). The Morgan fingerprint density at radius 1 is 1.15 bits per heavy atom. The smallest absolute Gasteiger partial charge is 0.243 e. The Bertz CT molecular complexity index is 1360. The maximum Gasteiger partial charge on any atom is 0.243 e. The van der Waals surface area contributed by atoms with Gasteiger partial charge in [-0.1, -0.05) is 13.0 Å². The number of nitrogens with zero attached hydrogens (tertiary/aromatic N) is 2. The molecule has 8 nitrogen and oxygen atoms in total. The molecule has 1 aliphatic heterocycles. The van der Waals surface area contributed by atoms with Crippen LogP contribution in [0.1, 0.15) is 42.2 Å². The van der Waals surface area contributed by atoms with Gasteiger partial charge < -0.3 is 5.32 Å². The molecule has 2 heterocycles. The highest BCUT2D eigenvalue weighted by atomic mass is 32.2. The number of carbonyl (C=O) groups is 1. The van der Waals surface area contributed by atoms with Crippen molar-refractivity contribution >= 4 is 42.1 Å². The number of anilines is 1. The highest BCUT2D eigenvalue weighted by molar-refractivity contribution is 7.91. The van der Waals surface area contributed by atoms with Crippen molar-refractivity contribution in [3.63, 3.8) is 0 Å². The molecule has 1 N–H and O–H groups in total. The third kappa shape index (κ3) is 4.91. The first-order chi connectivity index (χ1) is 16.0. The van der Waals surface area contributed by atoms with E-state index in [2.05, 4.69) is 18.3 Å². The standard InChI is InChI=1S/C23H27N3O5S3/c1-15-6-7-19-20(14-24)23(32-21(19)12-15)25-22(27)16-8-10-26(11-9-16)34(30,31)18-5-3-4-17(13-18)33(2,28)29/h3-5,13,15-16H,6-12H2,1-2H3,(H,25,27). The second-order valence-electron chi connectivity index (χ2n) is 9.08. The molecule has 1 unspecified atom stereocenters. The van der Waals surface area contributed by atoms with Gasteiger partial charge in [-0.25, -0.2) is 16.8 Å². The van der Waals surface area contributed by atoms with Gasteiger partial charge in [0.15, 0.2) is 9.84 Å². The fourth-order valence-corrected chi connectivity index (χ4v) is 8.17. The summed E-state index contributed by atoms with van der Waals surface area (Å²) in [4.78, 5) is 14.0. The maximum absolute atomic E-state index is 13.1. The Hall–Kier alpha value is -2.26. The molecule has 1 aromatic carbocycles. The van der Waals surface area contributed by atoms with E-state index < -0.39 is 19.9 Å². The number of nitrogens with one attached hydrogen (secondary N) is 1. The van der Waals surface area contributed by atoms with E-state index in [0.29, 0.717) is 29.3 Å². The molecule has 0 radical (unpaired) electrons. The maximum atomic E-state index is 13.1. The summed E-state index contributed by atoms with van der Waals surface area (Å²) >= 11 is 1.48. The third-order valence-electron chi connectivity index (χ3n) is 6.56. The number of sulfone groups is 1. The summed E-state index contributed by atoms with van der Waals surface area (Å²) in [6.07, 6.45) is 4.53. The van der Waals surface area contributed by atoms with Gasteiger partial charge in [-0.2, -0.15) is 9.57 Å². The molecular formula is C23H27N3O5S3. The number of hydrogen-bond acceptors (Lipinski definition) is 7. The zero-order chi connectivity index (χ0) is 24.7. The van der Waals surface area contributed by atoms with Crippen molar-refractivity contribution < 1.29 is 21.6 Å². The molecule has 1 amide bonds. The zero-order valence-electron chi connectivity index (χ0n) is 19.1. The van der Waals surface area contributed by atoms with Gasteiger partial charge in [0.05, 0.1) is 15.4 Å². The molecule has 0 spiro atoms. The van der Waals surface area contributed by atoms with Crippen LogP contribution < -0.4 is 5.32 Å². The number of fused-ring (bicyclic) bond motifs is 1. The summed E-state index contributed by atoms with van der Waals surface area (Å²) in [7, 11) is -7.41. The molecule has 0 saturated carbocycles. The van der Waals surface area contributed by atoms with Crippen molar-refractivity contribution in [2.24, 2.45) is 11.8 Å². The van der Waals surface area contributed by atoms with Crippen LogP contribution >= 0.6 is 11.3 Å². The Morgan fingerprint density at radius 2 is 1.82 bits per heavy atom. The number of piperidine rings is 1. The largest absolute Gasteiger partial charge is 0.316 e. The minimum Gasteiger partial charge on any atom is -0.316 e. The van der Waals surface area contributed by atoms with Crippen LogP contribution in [0.3, 0.4) is 0 Å². The van der Waals surface area contributed by atoms with Crippen molar-refractivity contribution in [3.05, 3.63) is 40.3 Å². The molecule has 0 bridgehead atoms. The predicted octanol–water partition coefficient (Wildman–Crippen LogP) is 3.19. The van der Waals surface area contributed by atoms with E-state index in [-0.39, 0.29) is 34.7 Å². The number of carbonyl (C=O) groups excluding carboxylic acids is 1. The lowest BCUT2D eigenvalue weighted by atomic mass is 9.88.